The van der Waals surface area contributed by atoms with E-state index in [9.17, 15) is 18.0 Å². The van der Waals surface area contributed by atoms with Crippen LogP contribution in [0.3, 0.4) is 0 Å². The lowest BCUT2D eigenvalue weighted by Gasteiger charge is -2.58. The van der Waals surface area contributed by atoms with Crippen molar-refractivity contribution >= 4 is 28.5 Å². The number of carbonyl (C=O) groups excluding carboxylic acids is 2. The quantitative estimate of drug-likeness (QED) is 0.398. The average molecular weight is 554 g/mol. The van der Waals surface area contributed by atoms with Gasteiger partial charge in [-0.05, 0) is 75.7 Å². The Balaban J connectivity index is 1.52. The lowest BCUT2D eigenvalue weighted by molar-refractivity contribution is -0.118. The Morgan fingerprint density at radius 1 is 1.26 bits per heavy atom. The Kier molecular flexibility index (Phi) is 7.84. The molecule has 2 atom stereocenters. The van der Waals surface area contributed by atoms with Crippen LogP contribution in [0.5, 0.6) is 5.88 Å². The number of aromatic nitrogens is 2. The molecular weight excluding hydrogens is 514 g/mol. The molecule has 4 N–H and O–H groups in total. The third-order valence-electron chi connectivity index (χ3n) is 7.60. The van der Waals surface area contributed by atoms with Crippen molar-refractivity contribution < 1.29 is 31.7 Å². The third kappa shape index (κ3) is 6.49. The van der Waals surface area contributed by atoms with Gasteiger partial charge in [0.2, 0.25) is 5.88 Å². The number of carbonyl (C=O) groups is 2. The van der Waals surface area contributed by atoms with E-state index >= 15 is 0 Å². The van der Waals surface area contributed by atoms with E-state index in [0.29, 0.717) is 43.2 Å². The van der Waals surface area contributed by atoms with Crippen LogP contribution in [0.25, 0.3) is 6.20 Å². The number of hydrogen-bond acceptors (Lipinski definition) is 8. The molecule has 13 heteroatoms. The SMILES string of the molecule is COC(=O)NC(C)(C)/C=C/n1ncc(C(=O)N[C@H]2C3CC4CC2C[C@](OS(N)(=O)=O)(C4)C3)c1OCC(C)C. The van der Waals surface area contributed by atoms with Crippen molar-refractivity contribution in [2.75, 3.05) is 13.7 Å². The first-order chi connectivity index (χ1) is 17.7. The number of rotatable bonds is 10. The molecule has 4 bridgehead atoms. The maximum atomic E-state index is 13.5. The van der Waals surface area contributed by atoms with Gasteiger partial charge in [-0.1, -0.05) is 13.8 Å². The monoisotopic (exact) mass is 553 g/mol. The minimum Gasteiger partial charge on any atom is -0.477 e. The number of nitrogens with zero attached hydrogens (tertiary/aromatic N) is 2. The van der Waals surface area contributed by atoms with Crippen molar-refractivity contribution in [3.8, 4) is 5.88 Å². The second-order valence-electron chi connectivity index (χ2n) is 11.9. The van der Waals surface area contributed by atoms with E-state index < -0.39 is 27.5 Å². The topological polar surface area (TPSA) is 164 Å². The predicted molar refractivity (Wildman–Crippen MR) is 139 cm³/mol. The highest BCUT2D eigenvalue weighted by atomic mass is 32.2. The van der Waals surface area contributed by atoms with Crippen molar-refractivity contribution in [2.45, 2.75) is 77.0 Å². The lowest BCUT2D eigenvalue weighted by atomic mass is 9.52. The Hall–Kier alpha value is -2.64. The van der Waals surface area contributed by atoms with Crippen LogP contribution < -0.4 is 20.5 Å². The molecule has 212 valence electrons. The Morgan fingerprint density at radius 2 is 1.92 bits per heavy atom. The minimum atomic E-state index is -4.06. The van der Waals surface area contributed by atoms with E-state index in [1.54, 1.807) is 26.1 Å². The first kappa shape index (κ1) is 28.4. The van der Waals surface area contributed by atoms with Gasteiger partial charge in [0.15, 0.2) is 0 Å². The second-order valence-corrected chi connectivity index (χ2v) is 13.0. The van der Waals surface area contributed by atoms with Crippen LogP contribution in [-0.2, 0) is 19.2 Å². The minimum absolute atomic E-state index is 0.101. The molecular formula is C25H39N5O7S. The van der Waals surface area contributed by atoms with Crippen LogP contribution in [0.4, 0.5) is 4.79 Å². The van der Waals surface area contributed by atoms with Crippen molar-refractivity contribution in [3.05, 3.63) is 17.8 Å². The number of nitrogens with two attached hydrogens (primary N) is 1. The van der Waals surface area contributed by atoms with E-state index in [4.69, 9.17) is 14.1 Å². The summed E-state index contributed by atoms with van der Waals surface area (Å²) >= 11 is 0. The van der Waals surface area contributed by atoms with Gasteiger partial charge in [-0.2, -0.15) is 13.5 Å². The molecule has 1 heterocycles. The van der Waals surface area contributed by atoms with Crippen molar-refractivity contribution in [1.29, 1.82) is 0 Å². The zero-order valence-electron chi connectivity index (χ0n) is 22.6. The normalized spacial score (nSPS) is 28.6. The maximum Gasteiger partial charge on any atom is 0.407 e. The van der Waals surface area contributed by atoms with Crippen LogP contribution in [0.1, 0.15) is 70.2 Å². The molecule has 12 nitrogen and oxygen atoms in total. The molecule has 4 saturated carbocycles. The maximum absolute atomic E-state index is 13.5. The zero-order valence-corrected chi connectivity index (χ0v) is 23.4. The number of nitrogens with one attached hydrogen (secondary N) is 2. The largest absolute Gasteiger partial charge is 0.477 e. The summed E-state index contributed by atoms with van der Waals surface area (Å²) in [6.45, 7) is 7.99. The third-order valence-corrected chi connectivity index (χ3v) is 8.18. The standard InChI is InChI=1S/C25H39N5O7S/c1-15(2)14-36-22-19(13-27-30(22)7-6-24(3,4)29-23(32)35-5)21(31)28-20-17-8-16-9-18(20)12-25(10-16,11-17)37-38(26,33)34/h6-7,13,15-18,20H,8-12,14H2,1-5H3,(H,28,31)(H,29,32)(H2,26,33,34)/b7-6+/t16?,17?,18?,20-,25-. The molecule has 0 radical (unpaired) electrons. The predicted octanol–water partition coefficient (Wildman–Crippen LogP) is 2.42. The number of amides is 2. The number of alkyl carbamates (subject to hydrolysis) is 1. The Labute approximate surface area is 223 Å². The molecule has 0 spiro atoms. The first-order valence-corrected chi connectivity index (χ1v) is 14.5. The van der Waals surface area contributed by atoms with Gasteiger partial charge in [0.05, 0.1) is 31.1 Å². The van der Waals surface area contributed by atoms with E-state index in [1.807, 2.05) is 13.8 Å². The highest BCUT2D eigenvalue weighted by molar-refractivity contribution is 7.84. The molecule has 38 heavy (non-hydrogen) atoms. The van der Waals surface area contributed by atoms with Gasteiger partial charge in [-0.15, -0.1) is 0 Å². The lowest BCUT2D eigenvalue weighted by Crippen LogP contribution is -2.63. The molecule has 0 saturated heterocycles. The summed E-state index contributed by atoms with van der Waals surface area (Å²) in [5, 5.41) is 15.5. The van der Waals surface area contributed by atoms with Gasteiger partial charge >= 0.3 is 16.4 Å². The molecule has 1 aromatic heterocycles. The molecule has 4 fully saturated rings. The summed E-state index contributed by atoms with van der Waals surface area (Å²) in [5.74, 6) is 0.796. The van der Waals surface area contributed by atoms with Gasteiger partial charge < -0.3 is 20.1 Å². The van der Waals surface area contributed by atoms with Gasteiger partial charge in [0, 0.05) is 12.2 Å². The highest BCUT2D eigenvalue weighted by Gasteiger charge is 2.57. The summed E-state index contributed by atoms with van der Waals surface area (Å²) in [7, 11) is -2.77. The summed E-state index contributed by atoms with van der Waals surface area (Å²) in [6.07, 6.45) is 7.87. The second kappa shape index (κ2) is 10.5. The van der Waals surface area contributed by atoms with E-state index in [1.165, 1.54) is 18.0 Å². The smallest absolute Gasteiger partial charge is 0.407 e. The fourth-order valence-corrected chi connectivity index (χ4v) is 7.07. The van der Waals surface area contributed by atoms with Crippen LogP contribution in [0, 0.1) is 23.7 Å². The highest BCUT2D eigenvalue weighted by Crippen LogP contribution is 2.57. The number of methoxy groups -OCH3 is 1. The van der Waals surface area contributed by atoms with Crippen LogP contribution in [0.2, 0.25) is 0 Å². The summed E-state index contributed by atoms with van der Waals surface area (Å²) in [6, 6.07) is -0.101. The number of ether oxygens (including phenoxy) is 2. The number of hydrogen-bond donors (Lipinski definition) is 3. The fraction of sp³-hybridized carbons (Fsp3) is 0.720. The van der Waals surface area contributed by atoms with E-state index in [-0.39, 0.29) is 29.7 Å². The van der Waals surface area contributed by atoms with Crippen molar-refractivity contribution in [2.24, 2.45) is 28.8 Å². The van der Waals surface area contributed by atoms with Gasteiger partial charge in [0.25, 0.3) is 5.91 Å². The Bertz CT molecular complexity index is 1180. The molecule has 1 aromatic rings. The summed E-state index contributed by atoms with van der Waals surface area (Å²) in [5.41, 5.74) is -1.21. The molecule has 0 aliphatic heterocycles. The molecule has 2 unspecified atom stereocenters. The van der Waals surface area contributed by atoms with Gasteiger partial charge in [0.1, 0.15) is 5.56 Å². The molecule has 2 amide bonds. The van der Waals surface area contributed by atoms with E-state index in [2.05, 4.69) is 20.5 Å². The summed E-state index contributed by atoms with van der Waals surface area (Å²) in [4.78, 5) is 25.2. The fourth-order valence-electron chi connectivity index (χ4n) is 6.38. The molecule has 5 rings (SSSR count). The average Bonchev–Trinajstić information content (AvgIpc) is 3.19. The molecule has 4 aliphatic carbocycles. The molecule has 0 aromatic carbocycles. The first-order valence-electron chi connectivity index (χ1n) is 13.0. The Morgan fingerprint density at radius 3 is 2.50 bits per heavy atom. The van der Waals surface area contributed by atoms with Gasteiger partial charge in [-0.25, -0.2) is 14.6 Å². The van der Waals surface area contributed by atoms with Gasteiger partial charge in [-0.3, -0.25) is 8.98 Å². The van der Waals surface area contributed by atoms with E-state index in [0.717, 1.165) is 12.8 Å². The van der Waals surface area contributed by atoms with Crippen LogP contribution >= 0.6 is 0 Å². The molecule has 4 aliphatic rings. The zero-order chi connectivity index (χ0) is 27.9. The summed E-state index contributed by atoms with van der Waals surface area (Å²) < 4.78 is 41.0. The van der Waals surface area contributed by atoms with Crippen LogP contribution in [-0.4, -0.2) is 61.1 Å². The van der Waals surface area contributed by atoms with Crippen LogP contribution in [0.15, 0.2) is 12.3 Å². The van der Waals surface area contributed by atoms with Crippen molar-refractivity contribution in [1.82, 2.24) is 20.4 Å². The van der Waals surface area contributed by atoms with Crippen molar-refractivity contribution in [3.63, 3.8) is 0 Å².